The van der Waals surface area contributed by atoms with Crippen LogP contribution in [0.3, 0.4) is 0 Å². The second-order valence-electron chi connectivity index (χ2n) is 6.31. The largest absolute Gasteiger partial charge is 0.376 e. The minimum absolute atomic E-state index is 0.257. The first-order valence-corrected chi connectivity index (χ1v) is 8.21. The molecule has 124 valence electrons. The molecule has 2 N–H and O–H groups in total. The van der Waals surface area contributed by atoms with Crippen molar-refractivity contribution in [3.05, 3.63) is 53.8 Å². The summed E-state index contributed by atoms with van der Waals surface area (Å²) in [7, 11) is 0. The normalized spacial score (nSPS) is 11.7. The zero-order valence-corrected chi connectivity index (χ0v) is 15.2. The fraction of sp³-hybridized carbons (Fsp3) is 0.412. The van der Waals surface area contributed by atoms with E-state index in [2.05, 4.69) is 10.6 Å². The van der Waals surface area contributed by atoms with Gasteiger partial charge in [-0.2, -0.15) is 0 Å². The van der Waals surface area contributed by atoms with Gasteiger partial charge < -0.3 is 10.6 Å². The molecule has 0 aliphatic rings. The Balaban J connectivity index is 2.22. The minimum Gasteiger partial charge on any atom is -0.376 e. The van der Waals surface area contributed by atoms with Gasteiger partial charge in [0.25, 0.3) is 10.9 Å². The highest BCUT2D eigenvalue weighted by Crippen LogP contribution is 2.27. The van der Waals surface area contributed by atoms with Gasteiger partial charge in [-0.05, 0) is 50.5 Å². The summed E-state index contributed by atoms with van der Waals surface area (Å²) in [5.74, 6) is 0. The first kappa shape index (κ1) is 17.8. The van der Waals surface area contributed by atoms with Crippen LogP contribution >= 0.6 is 23.2 Å². The van der Waals surface area contributed by atoms with Crippen LogP contribution in [0.25, 0.3) is 0 Å². The molecule has 0 saturated heterocycles. The van der Waals surface area contributed by atoms with Gasteiger partial charge in [-0.1, -0.05) is 30.1 Å². The standard InChI is InChI=1S/C17H20Cl2N2O2/c1-5-17(3,4)21-14-13(15(22)16(14)23)20-8-11-9(2)6-10(18)7-12(11)19/h6-7,20-21H,5,8H2,1-4H3. The van der Waals surface area contributed by atoms with Crippen LogP contribution in [-0.4, -0.2) is 5.54 Å². The van der Waals surface area contributed by atoms with E-state index in [1.165, 1.54) is 0 Å². The van der Waals surface area contributed by atoms with E-state index in [0.717, 1.165) is 17.5 Å². The molecule has 6 heteroatoms. The number of nitrogens with one attached hydrogen (secondary N) is 2. The third-order valence-electron chi connectivity index (χ3n) is 4.08. The summed E-state index contributed by atoms with van der Waals surface area (Å²) in [4.78, 5) is 23.6. The summed E-state index contributed by atoms with van der Waals surface area (Å²) in [6.07, 6.45) is 0.827. The molecule has 0 saturated carbocycles. The van der Waals surface area contributed by atoms with Crippen LogP contribution in [0.15, 0.2) is 21.7 Å². The molecule has 0 heterocycles. The number of halogens is 2. The minimum atomic E-state index is -0.498. The zero-order chi connectivity index (χ0) is 17.4. The van der Waals surface area contributed by atoms with Crippen molar-refractivity contribution in [3.63, 3.8) is 0 Å². The first-order valence-electron chi connectivity index (χ1n) is 7.46. The molecule has 0 unspecified atom stereocenters. The second-order valence-corrected chi connectivity index (χ2v) is 7.15. The highest BCUT2D eigenvalue weighted by atomic mass is 35.5. The maximum atomic E-state index is 11.8. The van der Waals surface area contributed by atoms with Crippen molar-refractivity contribution < 1.29 is 0 Å². The van der Waals surface area contributed by atoms with Crippen molar-refractivity contribution >= 4 is 34.6 Å². The maximum absolute atomic E-state index is 11.8. The number of benzene rings is 1. The van der Waals surface area contributed by atoms with E-state index in [1.807, 2.05) is 33.8 Å². The average molecular weight is 355 g/mol. The monoisotopic (exact) mass is 354 g/mol. The van der Waals surface area contributed by atoms with Crippen LogP contribution in [0.1, 0.15) is 38.3 Å². The van der Waals surface area contributed by atoms with Crippen molar-refractivity contribution in [2.45, 2.75) is 46.2 Å². The summed E-state index contributed by atoms with van der Waals surface area (Å²) < 4.78 is 0. The lowest BCUT2D eigenvalue weighted by Crippen LogP contribution is -2.42. The van der Waals surface area contributed by atoms with Crippen molar-refractivity contribution in [3.8, 4) is 0 Å². The van der Waals surface area contributed by atoms with Crippen LogP contribution in [0, 0.1) is 6.92 Å². The number of rotatable bonds is 6. The van der Waals surface area contributed by atoms with E-state index in [9.17, 15) is 9.59 Å². The van der Waals surface area contributed by atoms with Gasteiger partial charge in [0.05, 0.1) is 0 Å². The van der Waals surface area contributed by atoms with E-state index >= 15 is 0 Å². The summed E-state index contributed by atoms with van der Waals surface area (Å²) in [5.41, 5.74) is 1.22. The van der Waals surface area contributed by atoms with Crippen molar-refractivity contribution in [2.24, 2.45) is 0 Å². The van der Waals surface area contributed by atoms with Gasteiger partial charge in [-0.3, -0.25) is 9.59 Å². The van der Waals surface area contributed by atoms with Crippen LogP contribution in [0.4, 0.5) is 11.4 Å². The lowest BCUT2D eigenvalue weighted by molar-refractivity contribution is 0.546. The molecule has 4 nitrogen and oxygen atoms in total. The predicted octanol–water partition coefficient (Wildman–Crippen LogP) is 4.11. The van der Waals surface area contributed by atoms with E-state index in [-0.39, 0.29) is 5.54 Å². The van der Waals surface area contributed by atoms with Gasteiger partial charge >= 0.3 is 0 Å². The van der Waals surface area contributed by atoms with E-state index < -0.39 is 10.9 Å². The molecule has 0 amide bonds. The Labute approximate surface area is 145 Å². The Morgan fingerprint density at radius 2 is 1.70 bits per heavy atom. The molecule has 0 aromatic heterocycles. The summed E-state index contributed by atoms with van der Waals surface area (Å²) >= 11 is 12.2. The molecule has 0 radical (unpaired) electrons. The molecule has 0 atom stereocenters. The van der Waals surface area contributed by atoms with Gasteiger partial charge in [-0.15, -0.1) is 0 Å². The average Bonchev–Trinajstić information content (AvgIpc) is 2.47. The predicted molar refractivity (Wildman–Crippen MR) is 97.9 cm³/mol. The Kier molecular flexibility index (Phi) is 5.07. The van der Waals surface area contributed by atoms with Crippen LogP contribution in [-0.2, 0) is 6.54 Å². The molecular formula is C17H20Cl2N2O2. The number of hydrogen-bond acceptors (Lipinski definition) is 4. The van der Waals surface area contributed by atoms with Crippen LogP contribution in [0.2, 0.25) is 10.0 Å². The summed E-state index contributed by atoms with van der Waals surface area (Å²) in [6, 6.07) is 3.47. The molecule has 2 aromatic rings. The maximum Gasteiger partial charge on any atom is 0.253 e. The lowest BCUT2D eigenvalue weighted by atomic mass is 10.00. The van der Waals surface area contributed by atoms with Gasteiger partial charge in [0, 0.05) is 22.1 Å². The highest BCUT2D eigenvalue weighted by Gasteiger charge is 2.26. The molecule has 0 aliphatic carbocycles. The zero-order valence-electron chi connectivity index (χ0n) is 13.6. The smallest absolute Gasteiger partial charge is 0.253 e. The van der Waals surface area contributed by atoms with Crippen molar-refractivity contribution in [2.75, 3.05) is 10.6 Å². The van der Waals surface area contributed by atoms with Gasteiger partial charge in [0.2, 0.25) is 0 Å². The fourth-order valence-electron chi connectivity index (χ4n) is 2.24. The number of hydrogen-bond donors (Lipinski definition) is 2. The Bertz CT molecular complexity index is 782. The van der Waals surface area contributed by atoms with Crippen molar-refractivity contribution in [1.82, 2.24) is 0 Å². The summed E-state index contributed by atoms with van der Waals surface area (Å²) in [5, 5.41) is 7.27. The third-order valence-corrected chi connectivity index (χ3v) is 4.64. The van der Waals surface area contributed by atoms with E-state index in [0.29, 0.717) is 28.0 Å². The van der Waals surface area contributed by atoms with Crippen LogP contribution < -0.4 is 21.5 Å². The topological polar surface area (TPSA) is 58.2 Å². The Hall–Kier alpha value is -1.52. The van der Waals surface area contributed by atoms with Crippen LogP contribution in [0.5, 0.6) is 0 Å². The Morgan fingerprint density at radius 1 is 1.09 bits per heavy atom. The second kappa shape index (κ2) is 6.54. The third kappa shape index (κ3) is 3.70. The molecule has 0 spiro atoms. The quantitative estimate of drug-likeness (QED) is 0.766. The molecule has 0 fully saturated rings. The van der Waals surface area contributed by atoms with Crippen molar-refractivity contribution in [1.29, 1.82) is 0 Å². The summed E-state index contributed by atoms with van der Waals surface area (Å²) in [6.45, 7) is 8.23. The fourth-order valence-corrected chi connectivity index (χ4v) is 2.90. The molecular weight excluding hydrogens is 335 g/mol. The molecule has 0 aliphatic heterocycles. The van der Waals surface area contributed by atoms with Gasteiger partial charge in [-0.25, -0.2) is 0 Å². The Morgan fingerprint density at radius 3 is 2.26 bits per heavy atom. The number of anilines is 2. The molecule has 23 heavy (non-hydrogen) atoms. The number of aryl methyl sites for hydroxylation is 1. The SMILES string of the molecule is CCC(C)(C)Nc1c(NCc2c(C)cc(Cl)cc2Cl)c(=O)c1=O. The van der Waals surface area contributed by atoms with E-state index in [4.69, 9.17) is 23.2 Å². The van der Waals surface area contributed by atoms with Gasteiger partial charge in [0.1, 0.15) is 11.4 Å². The molecule has 2 rings (SSSR count). The molecule has 2 aromatic carbocycles. The van der Waals surface area contributed by atoms with E-state index in [1.54, 1.807) is 6.07 Å². The lowest BCUT2D eigenvalue weighted by Gasteiger charge is -2.28. The van der Waals surface area contributed by atoms with Gasteiger partial charge in [0.15, 0.2) is 0 Å². The highest BCUT2D eigenvalue weighted by molar-refractivity contribution is 6.35. The molecule has 0 bridgehead atoms. The first-order chi connectivity index (χ1) is 10.7.